The average Bonchev–Trinajstić information content (AvgIpc) is 2.79. The van der Waals surface area contributed by atoms with Crippen molar-refractivity contribution < 1.29 is 4.39 Å². The molecule has 0 spiro atoms. The predicted molar refractivity (Wildman–Crippen MR) is 74.0 cm³/mol. The van der Waals surface area contributed by atoms with Crippen LogP contribution < -0.4 is 0 Å². The molecular formula is C17H15F. The smallest absolute Gasteiger partial charge is 0.115 e. The summed E-state index contributed by atoms with van der Waals surface area (Å²) in [6.45, 7) is 1.77. The lowest BCUT2D eigenvalue weighted by atomic mass is 9.96. The van der Waals surface area contributed by atoms with Crippen LogP contribution in [0.2, 0.25) is 0 Å². The lowest BCUT2D eigenvalue weighted by Crippen LogP contribution is -1.87. The topological polar surface area (TPSA) is 0 Å². The largest absolute Gasteiger partial charge is 0.246 e. The van der Waals surface area contributed by atoms with Crippen molar-refractivity contribution in [1.29, 1.82) is 0 Å². The Bertz CT molecular complexity index is 606. The summed E-state index contributed by atoms with van der Waals surface area (Å²) in [4.78, 5) is 0. The Hall–Kier alpha value is -1.89. The van der Waals surface area contributed by atoms with Crippen molar-refractivity contribution in [3.63, 3.8) is 0 Å². The van der Waals surface area contributed by atoms with Gasteiger partial charge < -0.3 is 0 Å². The Morgan fingerprint density at radius 3 is 2.56 bits per heavy atom. The number of fused-ring (bicyclic) bond motifs is 1. The van der Waals surface area contributed by atoms with Gasteiger partial charge in [-0.15, -0.1) is 0 Å². The summed E-state index contributed by atoms with van der Waals surface area (Å²) < 4.78 is 12.5. The minimum absolute atomic E-state index is 0.397. The van der Waals surface area contributed by atoms with Gasteiger partial charge in [-0.2, -0.15) is 0 Å². The Morgan fingerprint density at radius 2 is 1.83 bits per heavy atom. The molecule has 0 N–H and O–H groups in total. The third-order valence-electron chi connectivity index (χ3n) is 3.48. The van der Waals surface area contributed by atoms with Gasteiger partial charge in [-0.05, 0) is 41.2 Å². The summed E-state index contributed by atoms with van der Waals surface area (Å²) in [7, 11) is 0. The molecule has 0 saturated carbocycles. The Morgan fingerprint density at radius 1 is 1.06 bits per heavy atom. The predicted octanol–water partition coefficient (Wildman–Crippen LogP) is 4.78. The van der Waals surface area contributed by atoms with E-state index < -0.39 is 6.67 Å². The SMILES string of the molecule is CC1=Cc2c(cccc2-c2ccc(CF)cc2)C1. The quantitative estimate of drug-likeness (QED) is 0.706. The number of allylic oxidation sites excluding steroid dienone is 1. The number of halogens is 1. The maximum Gasteiger partial charge on any atom is 0.115 e. The first kappa shape index (κ1) is 11.2. The summed E-state index contributed by atoms with van der Waals surface area (Å²) >= 11 is 0. The van der Waals surface area contributed by atoms with Crippen LogP contribution in [-0.2, 0) is 13.1 Å². The molecule has 0 heterocycles. The highest BCUT2D eigenvalue weighted by Crippen LogP contribution is 2.33. The van der Waals surface area contributed by atoms with Gasteiger partial charge in [-0.3, -0.25) is 0 Å². The first-order chi connectivity index (χ1) is 8.78. The van der Waals surface area contributed by atoms with E-state index in [1.165, 1.54) is 22.3 Å². The first-order valence-corrected chi connectivity index (χ1v) is 6.22. The molecule has 0 unspecified atom stereocenters. The summed E-state index contributed by atoms with van der Waals surface area (Å²) in [6, 6.07) is 14.2. The maximum atomic E-state index is 12.5. The number of hydrogen-bond donors (Lipinski definition) is 0. The Balaban J connectivity index is 2.09. The highest BCUT2D eigenvalue weighted by Gasteiger charge is 2.13. The molecule has 0 amide bonds. The zero-order chi connectivity index (χ0) is 12.5. The molecule has 18 heavy (non-hydrogen) atoms. The monoisotopic (exact) mass is 238 g/mol. The highest BCUT2D eigenvalue weighted by molar-refractivity contribution is 5.80. The number of benzene rings is 2. The van der Waals surface area contributed by atoms with E-state index in [1.807, 2.05) is 24.3 Å². The fourth-order valence-corrected chi connectivity index (χ4v) is 2.56. The molecule has 3 rings (SSSR count). The third-order valence-corrected chi connectivity index (χ3v) is 3.48. The van der Waals surface area contributed by atoms with Crippen molar-refractivity contribution in [2.24, 2.45) is 0 Å². The summed E-state index contributed by atoms with van der Waals surface area (Å²) in [5.74, 6) is 0. The van der Waals surface area contributed by atoms with Crippen LogP contribution in [0.25, 0.3) is 17.2 Å². The molecule has 0 aliphatic heterocycles. The molecular weight excluding hydrogens is 223 g/mol. The van der Waals surface area contributed by atoms with Gasteiger partial charge >= 0.3 is 0 Å². The maximum absolute atomic E-state index is 12.5. The van der Waals surface area contributed by atoms with E-state index in [2.05, 4.69) is 31.2 Å². The van der Waals surface area contributed by atoms with Gasteiger partial charge in [0.15, 0.2) is 0 Å². The van der Waals surface area contributed by atoms with Gasteiger partial charge in [0.1, 0.15) is 6.67 Å². The van der Waals surface area contributed by atoms with Crippen molar-refractivity contribution in [3.8, 4) is 11.1 Å². The summed E-state index contributed by atoms with van der Waals surface area (Å²) in [5, 5.41) is 0. The standard InChI is InChI=1S/C17H15F/c1-12-9-15-3-2-4-16(17(15)10-12)14-7-5-13(11-18)6-8-14/h2-8,10H,9,11H2,1H3. The molecule has 0 nitrogen and oxygen atoms in total. The van der Waals surface area contributed by atoms with Crippen molar-refractivity contribution in [2.45, 2.75) is 20.0 Å². The average molecular weight is 238 g/mol. The molecule has 2 aromatic carbocycles. The summed E-state index contributed by atoms with van der Waals surface area (Å²) in [6.07, 6.45) is 3.31. The van der Waals surface area contributed by atoms with E-state index in [4.69, 9.17) is 0 Å². The van der Waals surface area contributed by atoms with Crippen molar-refractivity contribution in [3.05, 3.63) is 64.7 Å². The van der Waals surface area contributed by atoms with Gasteiger partial charge in [-0.25, -0.2) is 4.39 Å². The van der Waals surface area contributed by atoms with E-state index in [-0.39, 0.29) is 0 Å². The highest BCUT2D eigenvalue weighted by atomic mass is 19.1. The van der Waals surface area contributed by atoms with Crippen LogP contribution in [-0.4, -0.2) is 0 Å². The van der Waals surface area contributed by atoms with Crippen LogP contribution in [0, 0.1) is 0 Å². The minimum Gasteiger partial charge on any atom is -0.246 e. The molecule has 1 aliphatic carbocycles. The molecule has 2 aromatic rings. The molecule has 0 saturated heterocycles. The van der Waals surface area contributed by atoms with Crippen LogP contribution in [0.15, 0.2) is 48.0 Å². The third kappa shape index (κ3) is 1.86. The van der Waals surface area contributed by atoms with Crippen LogP contribution in [0.5, 0.6) is 0 Å². The van der Waals surface area contributed by atoms with E-state index in [9.17, 15) is 4.39 Å². The van der Waals surface area contributed by atoms with E-state index in [1.54, 1.807) is 0 Å². The zero-order valence-corrected chi connectivity index (χ0v) is 10.4. The van der Waals surface area contributed by atoms with Crippen LogP contribution in [0.4, 0.5) is 4.39 Å². The van der Waals surface area contributed by atoms with Crippen molar-refractivity contribution >= 4 is 6.08 Å². The summed E-state index contributed by atoms with van der Waals surface area (Å²) in [5.41, 5.74) is 7.25. The van der Waals surface area contributed by atoms with Crippen LogP contribution in [0.1, 0.15) is 23.6 Å². The van der Waals surface area contributed by atoms with E-state index in [0.717, 1.165) is 17.5 Å². The molecule has 0 fully saturated rings. The van der Waals surface area contributed by atoms with Gasteiger partial charge in [0.2, 0.25) is 0 Å². The zero-order valence-electron chi connectivity index (χ0n) is 10.4. The second kappa shape index (κ2) is 4.41. The van der Waals surface area contributed by atoms with E-state index in [0.29, 0.717) is 0 Å². The number of rotatable bonds is 2. The molecule has 0 radical (unpaired) electrons. The second-order valence-electron chi connectivity index (χ2n) is 4.88. The Kier molecular flexibility index (Phi) is 2.75. The normalized spacial score (nSPS) is 13.3. The number of hydrogen-bond acceptors (Lipinski definition) is 0. The van der Waals surface area contributed by atoms with E-state index >= 15 is 0 Å². The molecule has 1 aliphatic rings. The lowest BCUT2D eigenvalue weighted by molar-refractivity contribution is 0.485. The number of alkyl halides is 1. The Labute approximate surface area is 107 Å². The van der Waals surface area contributed by atoms with Gasteiger partial charge in [-0.1, -0.05) is 54.1 Å². The van der Waals surface area contributed by atoms with Gasteiger partial charge in [0, 0.05) is 0 Å². The minimum atomic E-state index is -0.397. The first-order valence-electron chi connectivity index (χ1n) is 6.22. The second-order valence-corrected chi connectivity index (χ2v) is 4.88. The lowest BCUT2D eigenvalue weighted by Gasteiger charge is -2.08. The van der Waals surface area contributed by atoms with Crippen LogP contribution in [0.3, 0.4) is 0 Å². The molecule has 0 aromatic heterocycles. The van der Waals surface area contributed by atoms with Crippen molar-refractivity contribution in [2.75, 3.05) is 0 Å². The fraction of sp³-hybridized carbons (Fsp3) is 0.176. The molecule has 1 heteroatoms. The van der Waals surface area contributed by atoms with Crippen molar-refractivity contribution in [1.82, 2.24) is 0 Å². The molecule has 90 valence electrons. The van der Waals surface area contributed by atoms with Gasteiger partial charge in [0.05, 0.1) is 0 Å². The van der Waals surface area contributed by atoms with Crippen LogP contribution >= 0.6 is 0 Å². The fourth-order valence-electron chi connectivity index (χ4n) is 2.56. The molecule has 0 bridgehead atoms. The van der Waals surface area contributed by atoms with Gasteiger partial charge in [0.25, 0.3) is 0 Å². The molecule has 0 atom stereocenters.